The van der Waals surface area contributed by atoms with Crippen molar-refractivity contribution in [2.45, 2.75) is 45.6 Å². The minimum atomic E-state index is -0.0686. The number of nitrogens with zero attached hydrogens (tertiary/aromatic N) is 3. The molecule has 102 valence electrons. The van der Waals surface area contributed by atoms with E-state index in [1.165, 1.54) is 0 Å². The third kappa shape index (κ3) is 3.31. The first-order valence-corrected chi connectivity index (χ1v) is 6.61. The van der Waals surface area contributed by atoms with Gasteiger partial charge < -0.3 is 9.84 Å². The van der Waals surface area contributed by atoms with E-state index in [0.717, 1.165) is 25.3 Å². The molecule has 1 aromatic rings. The molecular weight excluding hydrogens is 230 g/mol. The lowest BCUT2D eigenvalue weighted by Gasteiger charge is -2.35. The number of hydrogen-bond donors (Lipinski definition) is 1. The zero-order chi connectivity index (χ0) is 13.1. The molecule has 5 nitrogen and oxygen atoms in total. The third-order valence-corrected chi connectivity index (χ3v) is 3.18. The largest absolute Gasteiger partial charge is 0.394 e. The maximum absolute atomic E-state index is 9.20. The van der Waals surface area contributed by atoms with Gasteiger partial charge in [0.1, 0.15) is 0 Å². The van der Waals surface area contributed by atoms with Gasteiger partial charge in [-0.2, -0.15) is 5.10 Å². The molecule has 0 amide bonds. The van der Waals surface area contributed by atoms with Crippen LogP contribution in [0.4, 0.5) is 0 Å². The van der Waals surface area contributed by atoms with Gasteiger partial charge in [0.15, 0.2) is 0 Å². The third-order valence-electron chi connectivity index (χ3n) is 3.18. The van der Waals surface area contributed by atoms with Crippen LogP contribution in [0, 0.1) is 0 Å². The van der Waals surface area contributed by atoms with Crippen molar-refractivity contribution < 1.29 is 9.84 Å². The van der Waals surface area contributed by atoms with E-state index in [1.54, 1.807) is 0 Å². The number of morpholine rings is 1. The minimum Gasteiger partial charge on any atom is -0.394 e. The molecule has 0 radical (unpaired) electrons. The second kappa shape index (κ2) is 5.82. The number of aliphatic hydroxyl groups is 1. The van der Waals surface area contributed by atoms with E-state index in [0.29, 0.717) is 6.04 Å². The molecule has 0 aliphatic carbocycles. The highest BCUT2D eigenvalue weighted by molar-refractivity contribution is 5.00. The van der Waals surface area contributed by atoms with Gasteiger partial charge in [-0.1, -0.05) is 0 Å². The number of rotatable bonds is 4. The standard InChI is InChI=1S/C13H23N3O2/c1-10(2)16-5-4-12(14-16)7-15-6-11(3)18-13(8-15)9-17/h4-5,10-11,13,17H,6-9H2,1-3H3. The maximum atomic E-state index is 9.20. The topological polar surface area (TPSA) is 50.5 Å². The molecule has 18 heavy (non-hydrogen) atoms. The quantitative estimate of drug-likeness (QED) is 0.871. The van der Waals surface area contributed by atoms with Crippen LogP contribution in [0.25, 0.3) is 0 Å². The first kappa shape index (κ1) is 13.5. The van der Waals surface area contributed by atoms with E-state index in [9.17, 15) is 5.11 Å². The Balaban J connectivity index is 1.95. The summed E-state index contributed by atoms with van der Waals surface area (Å²) >= 11 is 0. The van der Waals surface area contributed by atoms with Gasteiger partial charge in [-0.15, -0.1) is 0 Å². The molecule has 1 fully saturated rings. The molecule has 1 saturated heterocycles. The summed E-state index contributed by atoms with van der Waals surface area (Å²) in [6, 6.07) is 2.46. The average Bonchev–Trinajstić information content (AvgIpc) is 2.76. The van der Waals surface area contributed by atoms with Crippen molar-refractivity contribution in [2.24, 2.45) is 0 Å². The normalized spacial score (nSPS) is 25.8. The van der Waals surface area contributed by atoms with Crippen LogP contribution in [0.3, 0.4) is 0 Å². The van der Waals surface area contributed by atoms with Crippen molar-refractivity contribution in [3.05, 3.63) is 18.0 Å². The summed E-state index contributed by atoms with van der Waals surface area (Å²) < 4.78 is 7.60. The first-order valence-electron chi connectivity index (χ1n) is 6.61. The van der Waals surface area contributed by atoms with Gasteiger partial charge in [0.05, 0.1) is 24.5 Å². The van der Waals surface area contributed by atoms with Gasteiger partial charge in [0.25, 0.3) is 0 Å². The van der Waals surface area contributed by atoms with E-state index >= 15 is 0 Å². The molecule has 5 heteroatoms. The molecular formula is C13H23N3O2. The van der Waals surface area contributed by atoms with Crippen LogP contribution in [0.2, 0.25) is 0 Å². The highest BCUT2D eigenvalue weighted by Gasteiger charge is 2.25. The SMILES string of the molecule is CC1CN(Cc2ccn(C(C)C)n2)CC(CO)O1. The van der Waals surface area contributed by atoms with Gasteiger partial charge in [-0.3, -0.25) is 9.58 Å². The summed E-state index contributed by atoms with van der Waals surface area (Å²) in [5, 5.41) is 13.7. The number of hydrogen-bond acceptors (Lipinski definition) is 4. The Morgan fingerprint density at radius 3 is 2.89 bits per heavy atom. The van der Waals surface area contributed by atoms with Crippen LogP contribution in [0.1, 0.15) is 32.5 Å². The number of aromatic nitrogens is 2. The van der Waals surface area contributed by atoms with Crippen LogP contribution in [-0.4, -0.2) is 51.7 Å². The maximum Gasteiger partial charge on any atom is 0.0936 e. The van der Waals surface area contributed by atoms with Crippen LogP contribution in [0.5, 0.6) is 0 Å². The Kier molecular flexibility index (Phi) is 4.37. The second-order valence-corrected chi connectivity index (χ2v) is 5.33. The molecule has 1 aliphatic rings. The lowest BCUT2D eigenvalue weighted by Crippen LogP contribution is -2.47. The Morgan fingerprint density at radius 1 is 1.50 bits per heavy atom. The van der Waals surface area contributed by atoms with Crippen molar-refractivity contribution in [1.29, 1.82) is 0 Å². The van der Waals surface area contributed by atoms with E-state index in [-0.39, 0.29) is 18.8 Å². The number of aliphatic hydroxyl groups excluding tert-OH is 1. The summed E-state index contributed by atoms with van der Waals surface area (Å²) in [4.78, 5) is 2.29. The van der Waals surface area contributed by atoms with Crippen LogP contribution >= 0.6 is 0 Å². The molecule has 1 aliphatic heterocycles. The van der Waals surface area contributed by atoms with Crippen LogP contribution in [0.15, 0.2) is 12.3 Å². The van der Waals surface area contributed by atoms with Gasteiger partial charge in [-0.25, -0.2) is 0 Å². The summed E-state index contributed by atoms with van der Waals surface area (Å²) in [6.45, 7) is 8.86. The average molecular weight is 253 g/mol. The van der Waals surface area contributed by atoms with Gasteiger partial charge in [-0.05, 0) is 26.8 Å². The van der Waals surface area contributed by atoms with Crippen LogP contribution < -0.4 is 0 Å². The Hall–Kier alpha value is -0.910. The smallest absolute Gasteiger partial charge is 0.0936 e. The molecule has 0 aromatic carbocycles. The molecule has 1 N–H and O–H groups in total. The fourth-order valence-corrected chi connectivity index (χ4v) is 2.35. The van der Waals surface area contributed by atoms with Crippen molar-refractivity contribution in [1.82, 2.24) is 14.7 Å². The highest BCUT2D eigenvalue weighted by atomic mass is 16.5. The van der Waals surface area contributed by atoms with Crippen molar-refractivity contribution in [2.75, 3.05) is 19.7 Å². The van der Waals surface area contributed by atoms with E-state index < -0.39 is 0 Å². The zero-order valence-corrected chi connectivity index (χ0v) is 11.4. The predicted octanol–water partition coefficient (Wildman–Crippen LogP) is 1.05. The Morgan fingerprint density at radius 2 is 2.28 bits per heavy atom. The van der Waals surface area contributed by atoms with E-state index in [2.05, 4.69) is 29.9 Å². The van der Waals surface area contributed by atoms with Gasteiger partial charge in [0, 0.05) is 31.9 Å². The second-order valence-electron chi connectivity index (χ2n) is 5.33. The summed E-state index contributed by atoms with van der Waals surface area (Å²) in [6.07, 6.45) is 2.12. The van der Waals surface area contributed by atoms with Crippen molar-refractivity contribution in [3.63, 3.8) is 0 Å². The molecule has 0 saturated carbocycles. The molecule has 1 aromatic heterocycles. The zero-order valence-electron chi connectivity index (χ0n) is 11.4. The lowest BCUT2D eigenvalue weighted by atomic mass is 10.2. The van der Waals surface area contributed by atoms with Crippen molar-refractivity contribution in [3.8, 4) is 0 Å². The summed E-state index contributed by atoms with van der Waals surface area (Å²) in [5.41, 5.74) is 1.08. The Labute approximate surface area is 108 Å². The highest BCUT2D eigenvalue weighted by Crippen LogP contribution is 2.14. The molecule has 2 atom stereocenters. The fraction of sp³-hybridized carbons (Fsp3) is 0.769. The van der Waals surface area contributed by atoms with Gasteiger partial charge in [0.2, 0.25) is 0 Å². The van der Waals surface area contributed by atoms with Crippen molar-refractivity contribution >= 4 is 0 Å². The van der Waals surface area contributed by atoms with Gasteiger partial charge >= 0.3 is 0 Å². The van der Waals surface area contributed by atoms with E-state index in [1.807, 2.05) is 17.8 Å². The Bertz CT molecular complexity index is 378. The van der Waals surface area contributed by atoms with Crippen LogP contribution in [-0.2, 0) is 11.3 Å². The molecule has 2 rings (SSSR count). The first-order chi connectivity index (χ1) is 8.58. The summed E-state index contributed by atoms with van der Waals surface area (Å²) in [5.74, 6) is 0. The molecule has 0 spiro atoms. The molecule has 2 heterocycles. The predicted molar refractivity (Wildman–Crippen MR) is 69.3 cm³/mol. The molecule has 2 unspecified atom stereocenters. The lowest BCUT2D eigenvalue weighted by molar-refractivity contribution is -0.0975. The number of ether oxygens (including phenoxy) is 1. The minimum absolute atomic E-state index is 0.0686. The molecule has 0 bridgehead atoms. The van der Waals surface area contributed by atoms with E-state index in [4.69, 9.17) is 4.74 Å². The monoisotopic (exact) mass is 253 g/mol. The summed E-state index contributed by atoms with van der Waals surface area (Å²) in [7, 11) is 0. The fourth-order valence-electron chi connectivity index (χ4n) is 2.35.